The molecule has 0 aromatic heterocycles. The van der Waals surface area contributed by atoms with Crippen LogP contribution in [-0.4, -0.2) is 85.2 Å². The van der Waals surface area contributed by atoms with Crippen LogP contribution in [0.3, 0.4) is 0 Å². The highest BCUT2D eigenvalue weighted by molar-refractivity contribution is 5.95. The number of urea groups is 2. The van der Waals surface area contributed by atoms with Crippen molar-refractivity contribution >= 4 is 18.0 Å². The van der Waals surface area contributed by atoms with Gasteiger partial charge >= 0.3 is 18.0 Å². The van der Waals surface area contributed by atoms with Crippen molar-refractivity contribution in [2.24, 2.45) is 0 Å². The van der Waals surface area contributed by atoms with E-state index in [1.54, 1.807) is 14.0 Å². The van der Waals surface area contributed by atoms with Gasteiger partial charge in [0.1, 0.15) is 0 Å². The number of rotatable bonds is 6. The van der Waals surface area contributed by atoms with Gasteiger partial charge in [-0.2, -0.15) is 0 Å². The van der Waals surface area contributed by atoms with Gasteiger partial charge in [-0.3, -0.25) is 9.80 Å². The van der Waals surface area contributed by atoms with E-state index in [0.29, 0.717) is 37.4 Å². The second-order valence-corrected chi connectivity index (χ2v) is 9.60. The molecule has 2 N–H and O–H groups in total. The minimum Gasteiger partial charge on any atom is -0.463 e. The van der Waals surface area contributed by atoms with Crippen LogP contribution in [0.5, 0.6) is 0 Å². The van der Waals surface area contributed by atoms with Crippen molar-refractivity contribution in [3.05, 3.63) is 46.2 Å². The van der Waals surface area contributed by atoms with Gasteiger partial charge in [-0.1, -0.05) is 23.8 Å². The van der Waals surface area contributed by atoms with E-state index in [9.17, 15) is 14.4 Å². The topological polar surface area (TPSA) is 94.2 Å². The number of carbonyl (C=O) groups excluding carboxylic acids is 3. The average Bonchev–Trinajstić information content (AvgIpc) is 3.03. The Hall–Kier alpha value is -3.07. The number of hydrogen-bond acceptors (Lipinski definition) is 5. The summed E-state index contributed by atoms with van der Waals surface area (Å²) in [5.74, 6) is -0.423. The number of amides is 4. The Labute approximate surface area is 208 Å². The lowest BCUT2D eigenvalue weighted by molar-refractivity contribution is -0.139. The first-order chi connectivity index (χ1) is 16.6. The first-order valence-corrected chi connectivity index (χ1v) is 12.4. The molecule has 2 aliphatic rings. The third-order valence-corrected chi connectivity index (χ3v) is 6.48. The Morgan fingerprint density at radius 1 is 1.17 bits per heavy atom. The highest BCUT2D eigenvalue weighted by Gasteiger charge is 2.38. The number of carbonyl (C=O) groups is 3. The lowest BCUT2D eigenvalue weighted by atomic mass is 9.90. The number of nitrogens with zero attached hydrogens (tertiary/aromatic N) is 3. The molecule has 1 fully saturated rings. The van der Waals surface area contributed by atoms with Crippen molar-refractivity contribution in [3.63, 3.8) is 0 Å². The molecular formula is C26H39N5O4. The number of benzene rings is 1. The van der Waals surface area contributed by atoms with Gasteiger partial charge in [-0.15, -0.1) is 0 Å². The van der Waals surface area contributed by atoms with E-state index in [2.05, 4.69) is 15.5 Å². The summed E-state index contributed by atoms with van der Waals surface area (Å²) >= 11 is 0. The number of esters is 1. The largest absolute Gasteiger partial charge is 0.463 e. The van der Waals surface area contributed by atoms with Gasteiger partial charge in [-0.25, -0.2) is 14.4 Å². The van der Waals surface area contributed by atoms with Gasteiger partial charge in [0.05, 0.1) is 18.2 Å². The van der Waals surface area contributed by atoms with E-state index in [1.807, 2.05) is 50.8 Å². The number of aryl methyl sites for hydroxylation is 2. The summed E-state index contributed by atoms with van der Waals surface area (Å²) in [4.78, 5) is 44.3. The molecule has 0 radical (unpaired) electrons. The Bertz CT molecular complexity index is 990. The maximum atomic E-state index is 13.3. The Morgan fingerprint density at radius 3 is 2.60 bits per heavy atom. The molecule has 2 aliphatic heterocycles. The maximum absolute atomic E-state index is 13.3. The van der Waals surface area contributed by atoms with E-state index < -0.39 is 12.0 Å². The van der Waals surface area contributed by atoms with Crippen LogP contribution in [0.25, 0.3) is 0 Å². The SMILES string of the molecule is CCOC(=O)C1=C(CN2CCCN(C(=O)NC(C)C)CC2)N(C)C(=O)NC1c1cc(C)ccc1C. The molecule has 9 heteroatoms. The molecular weight excluding hydrogens is 446 g/mol. The number of hydrogen-bond donors (Lipinski definition) is 2. The van der Waals surface area contributed by atoms with E-state index in [-0.39, 0.29) is 24.7 Å². The summed E-state index contributed by atoms with van der Waals surface area (Å²) in [5.41, 5.74) is 4.03. The predicted octanol–water partition coefficient (Wildman–Crippen LogP) is 2.94. The Kier molecular flexibility index (Phi) is 8.77. The lowest BCUT2D eigenvalue weighted by Crippen LogP contribution is -2.50. The Morgan fingerprint density at radius 2 is 1.91 bits per heavy atom. The van der Waals surface area contributed by atoms with Crippen LogP contribution in [0.2, 0.25) is 0 Å². The fourth-order valence-electron chi connectivity index (χ4n) is 4.58. The minimum absolute atomic E-state index is 0.0579. The molecule has 4 amide bonds. The highest BCUT2D eigenvalue weighted by atomic mass is 16.5. The smallest absolute Gasteiger partial charge is 0.338 e. The number of ether oxygens (including phenoxy) is 1. The maximum Gasteiger partial charge on any atom is 0.338 e. The first kappa shape index (κ1) is 26.5. The van der Waals surface area contributed by atoms with Crippen LogP contribution in [0.15, 0.2) is 29.5 Å². The molecule has 1 aromatic carbocycles. The third-order valence-electron chi connectivity index (χ3n) is 6.48. The highest BCUT2D eigenvalue weighted by Crippen LogP contribution is 2.33. The van der Waals surface area contributed by atoms with Gasteiger partial charge < -0.3 is 20.3 Å². The predicted molar refractivity (Wildman–Crippen MR) is 135 cm³/mol. The first-order valence-electron chi connectivity index (χ1n) is 12.4. The van der Waals surface area contributed by atoms with Crippen molar-refractivity contribution in [1.29, 1.82) is 0 Å². The third kappa shape index (κ3) is 6.33. The van der Waals surface area contributed by atoms with Crippen LogP contribution in [0.4, 0.5) is 9.59 Å². The molecule has 0 bridgehead atoms. The molecule has 192 valence electrons. The van der Waals surface area contributed by atoms with Crippen molar-refractivity contribution in [2.75, 3.05) is 46.4 Å². The second-order valence-electron chi connectivity index (χ2n) is 9.60. The van der Waals surface area contributed by atoms with Crippen LogP contribution < -0.4 is 10.6 Å². The van der Waals surface area contributed by atoms with E-state index in [4.69, 9.17) is 4.74 Å². The van der Waals surface area contributed by atoms with Crippen LogP contribution in [-0.2, 0) is 9.53 Å². The molecule has 1 saturated heterocycles. The van der Waals surface area contributed by atoms with Crippen molar-refractivity contribution in [1.82, 2.24) is 25.3 Å². The fraction of sp³-hybridized carbons (Fsp3) is 0.577. The molecule has 2 heterocycles. The van der Waals surface area contributed by atoms with Gasteiger partial charge in [0.25, 0.3) is 0 Å². The molecule has 0 aliphatic carbocycles. The normalized spacial score (nSPS) is 19.5. The minimum atomic E-state index is -0.590. The van der Waals surface area contributed by atoms with Crippen molar-refractivity contribution < 1.29 is 19.1 Å². The summed E-state index contributed by atoms with van der Waals surface area (Å²) < 4.78 is 5.46. The summed E-state index contributed by atoms with van der Waals surface area (Å²) in [6.45, 7) is 13.0. The summed E-state index contributed by atoms with van der Waals surface area (Å²) in [6.07, 6.45) is 0.809. The van der Waals surface area contributed by atoms with E-state index in [1.165, 1.54) is 4.90 Å². The Balaban J connectivity index is 1.94. The molecule has 9 nitrogen and oxygen atoms in total. The van der Waals surface area contributed by atoms with Crippen LogP contribution in [0.1, 0.15) is 49.9 Å². The van der Waals surface area contributed by atoms with Gasteiger partial charge in [0.2, 0.25) is 0 Å². The van der Waals surface area contributed by atoms with Gasteiger partial charge in [0.15, 0.2) is 0 Å². The summed E-state index contributed by atoms with van der Waals surface area (Å²) in [7, 11) is 1.68. The number of nitrogens with one attached hydrogen (secondary N) is 2. The van der Waals surface area contributed by atoms with Gasteiger partial charge in [0, 0.05) is 51.5 Å². The summed E-state index contributed by atoms with van der Waals surface area (Å²) in [6, 6.07) is 5.21. The van der Waals surface area contributed by atoms with Crippen LogP contribution >= 0.6 is 0 Å². The molecule has 0 spiro atoms. The zero-order valence-electron chi connectivity index (χ0n) is 21.8. The molecule has 35 heavy (non-hydrogen) atoms. The molecule has 1 unspecified atom stereocenters. The van der Waals surface area contributed by atoms with Crippen molar-refractivity contribution in [2.45, 2.75) is 53.1 Å². The average molecular weight is 486 g/mol. The zero-order chi connectivity index (χ0) is 25.7. The molecule has 1 atom stereocenters. The van der Waals surface area contributed by atoms with E-state index >= 15 is 0 Å². The monoisotopic (exact) mass is 485 g/mol. The van der Waals surface area contributed by atoms with Crippen LogP contribution in [0, 0.1) is 13.8 Å². The van der Waals surface area contributed by atoms with E-state index in [0.717, 1.165) is 29.7 Å². The fourth-order valence-corrected chi connectivity index (χ4v) is 4.58. The second kappa shape index (κ2) is 11.6. The molecule has 1 aromatic rings. The van der Waals surface area contributed by atoms with Gasteiger partial charge in [-0.05, 0) is 52.2 Å². The zero-order valence-corrected chi connectivity index (χ0v) is 21.8. The number of likely N-dealkylation sites (N-methyl/N-ethyl adjacent to an activating group) is 1. The lowest BCUT2D eigenvalue weighted by Gasteiger charge is -2.37. The molecule has 0 saturated carbocycles. The molecule has 3 rings (SSSR count). The summed E-state index contributed by atoms with van der Waals surface area (Å²) in [5, 5.41) is 5.96. The standard InChI is InChI=1S/C26H39N5O4/c1-7-35-24(32)22-21(16-30-11-8-12-31(14-13-30)26(34)27-17(2)3)29(6)25(33)28-23(22)20-15-18(4)9-10-19(20)5/h9-10,15,17,23H,7-8,11-14,16H2,1-6H3,(H,27,34)(H,28,33). The van der Waals surface area contributed by atoms with Crippen molar-refractivity contribution in [3.8, 4) is 0 Å². The quantitative estimate of drug-likeness (QED) is 0.605.